The minimum atomic E-state index is 0.618. The maximum atomic E-state index is 4.66. The van der Waals surface area contributed by atoms with Crippen molar-refractivity contribution in [1.29, 1.82) is 0 Å². The summed E-state index contributed by atoms with van der Waals surface area (Å²) in [5, 5.41) is 3.35. The van der Waals surface area contributed by atoms with Gasteiger partial charge in [0.05, 0.1) is 0 Å². The number of rotatable bonds is 5. The summed E-state index contributed by atoms with van der Waals surface area (Å²) in [6.45, 7) is 3.08. The summed E-state index contributed by atoms with van der Waals surface area (Å²) < 4.78 is 0. The molecule has 1 N–H and O–H groups in total. The minimum Gasteiger partial charge on any atom is -0.370 e. The summed E-state index contributed by atoms with van der Waals surface area (Å²) in [6, 6.07) is 7.91. The second-order valence-electron chi connectivity index (χ2n) is 4.92. The molecule has 0 unspecified atom stereocenters. The van der Waals surface area contributed by atoms with Gasteiger partial charge < -0.3 is 5.32 Å². The number of anilines is 1. The van der Waals surface area contributed by atoms with Crippen molar-refractivity contribution in [3.63, 3.8) is 0 Å². The molecule has 1 saturated carbocycles. The van der Waals surface area contributed by atoms with E-state index in [-0.39, 0.29) is 0 Å². The molecule has 3 rings (SSSR count). The van der Waals surface area contributed by atoms with Gasteiger partial charge in [-0.05, 0) is 31.4 Å². The molecule has 0 bridgehead atoms. The smallest absolute Gasteiger partial charge is 0.180 e. The standard InChI is InChI=1S/C15H18N4/c1-2-8-17-14-10-13(11-6-7-11)18-15(19-14)12-5-3-4-9-16-12/h3-5,9-11H,2,6-8H2,1H3,(H,17,18,19). The molecule has 0 atom stereocenters. The first kappa shape index (κ1) is 12.1. The van der Waals surface area contributed by atoms with Crippen molar-refractivity contribution in [1.82, 2.24) is 15.0 Å². The van der Waals surface area contributed by atoms with Crippen LogP contribution in [0.15, 0.2) is 30.5 Å². The molecular weight excluding hydrogens is 236 g/mol. The lowest BCUT2D eigenvalue weighted by Crippen LogP contribution is -2.05. The van der Waals surface area contributed by atoms with E-state index in [0.717, 1.165) is 36.0 Å². The third-order valence-corrected chi connectivity index (χ3v) is 3.19. The van der Waals surface area contributed by atoms with Crippen molar-refractivity contribution in [2.24, 2.45) is 0 Å². The van der Waals surface area contributed by atoms with E-state index < -0.39 is 0 Å². The van der Waals surface area contributed by atoms with Crippen LogP contribution < -0.4 is 5.32 Å². The monoisotopic (exact) mass is 254 g/mol. The van der Waals surface area contributed by atoms with Gasteiger partial charge in [0.15, 0.2) is 5.82 Å². The Morgan fingerprint density at radius 3 is 2.84 bits per heavy atom. The maximum Gasteiger partial charge on any atom is 0.180 e. The third-order valence-electron chi connectivity index (χ3n) is 3.19. The molecular formula is C15H18N4. The van der Waals surface area contributed by atoms with Crippen LogP contribution in [0.3, 0.4) is 0 Å². The number of hydrogen-bond acceptors (Lipinski definition) is 4. The van der Waals surface area contributed by atoms with E-state index >= 15 is 0 Å². The van der Waals surface area contributed by atoms with E-state index in [2.05, 4.69) is 33.3 Å². The predicted octanol–water partition coefficient (Wildman–Crippen LogP) is 3.24. The van der Waals surface area contributed by atoms with Gasteiger partial charge in [-0.3, -0.25) is 4.98 Å². The zero-order valence-corrected chi connectivity index (χ0v) is 11.1. The fraction of sp³-hybridized carbons (Fsp3) is 0.400. The lowest BCUT2D eigenvalue weighted by atomic mass is 10.2. The molecule has 0 aromatic carbocycles. The van der Waals surface area contributed by atoms with Crippen molar-refractivity contribution in [3.8, 4) is 11.5 Å². The largest absolute Gasteiger partial charge is 0.370 e. The number of aromatic nitrogens is 3. The van der Waals surface area contributed by atoms with E-state index in [1.54, 1.807) is 6.20 Å². The number of pyridine rings is 1. The molecule has 4 heteroatoms. The SMILES string of the molecule is CCCNc1cc(C2CC2)nc(-c2ccccn2)n1. The number of nitrogens with one attached hydrogen (secondary N) is 1. The van der Waals surface area contributed by atoms with E-state index in [0.29, 0.717) is 5.92 Å². The molecule has 0 spiro atoms. The summed E-state index contributed by atoms with van der Waals surface area (Å²) in [6.07, 6.45) is 5.35. The molecule has 1 fully saturated rings. The van der Waals surface area contributed by atoms with Crippen LogP contribution in [0.5, 0.6) is 0 Å². The Kier molecular flexibility index (Phi) is 3.40. The van der Waals surface area contributed by atoms with Gasteiger partial charge in [-0.2, -0.15) is 0 Å². The Balaban J connectivity index is 1.96. The average molecular weight is 254 g/mol. The summed E-state index contributed by atoms with van der Waals surface area (Å²) in [5.74, 6) is 2.26. The fourth-order valence-electron chi connectivity index (χ4n) is 2.01. The van der Waals surface area contributed by atoms with Gasteiger partial charge >= 0.3 is 0 Å². The molecule has 1 aliphatic carbocycles. The number of nitrogens with zero attached hydrogens (tertiary/aromatic N) is 3. The molecule has 0 aliphatic heterocycles. The summed E-state index contributed by atoms with van der Waals surface area (Å²) in [7, 11) is 0. The lowest BCUT2D eigenvalue weighted by molar-refractivity contribution is 0.945. The Morgan fingerprint density at radius 2 is 2.16 bits per heavy atom. The first-order valence-corrected chi connectivity index (χ1v) is 6.91. The van der Waals surface area contributed by atoms with Gasteiger partial charge in [-0.1, -0.05) is 13.0 Å². The first-order chi connectivity index (χ1) is 9.36. The van der Waals surface area contributed by atoms with E-state index in [9.17, 15) is 0 Å². The van der Waals surface area contributed by atoms with Crippen LogP contribution in [0.1, 0.15) is 37.8 Å². The van der Waals surface area contributed by atoms with Crippen LogP contribution in [0.2, 0.25) is 0 Å². The lowest BCUT2D eigenvalue weighted by Gasteiger charge is -2.08. The Bertz CT molecular complexity index is 549. The summed E-state index contributed by atoms with van der Waals surface area (Å²) in [4.78, 5) is 13.6. The highest BCUT2D eigenvalue weighted by Gasteiger charge is 2.26. The molecule has 0 saturated heterocycles. The quantitative estimate of drug-likeness (QED) is 0.890. The minimum absolute atomic E-state index is 0.618. The van der Waals surface area contributed by atoms with Crippen LogP contribution >= 0.6 is 0 Å². The van der Waals surface area contributed by atoms with Gasteiger partial charge in [0.1, 0.15) is 11.5 Å². The van der Waals surface area contributed by atoms with E-state index in [1.165, 1.54) is 12.8 Å². The Morgan fingerprint density at radius 1 is 1.26 bits per heavy atom. The molecule has 19 heavy (non-hydrogen) atoms. The molecule has 0 amide bonds. The molecule has 98 valence electrons. The highest BCUT2D eigenvalue weighted by atomic mass is 15.0. The van der Waals surface area contributed by atoms with Gasteiger partial charge in [0.2, 0.25) is 0 Å². The van der Waals surface area contributed by atoms with Gasteiger partial charge in [0, 0.05) is 30.4 Å². The van der Waals surface area contributed by atoms with Crippen LogP contribution in [0.25, 0.3) is 11.5 Å². The van der Waals surface area contributed by atoms with Gasteiger partial charge in [-0.15, -0.1) is 0 Å². The van der Waals surface area contributed by atoms with Gasteiger partial charge in [-0.25, -0.2) is 9.97 Å². The topological polar surface area (TPSA) is 50.7 Å². The van der Waals surface area contributed by atoms with Crippen molar-refractivity contribution >= 4 is 5.82 Å². The molecule has 2 aromatic rings. The average Bonchev–Trinajstić information content (AvgIpc) is 3.30. The van der Waals surface area contributed by atoms with Crippen molar-refractivity contribution in [2.45, 2.75) is 32.1 Å². The van der Waals surface area contributed by atoms with Crippen LogP contribution in [0, 0.1) is 0 Å². The molecule has 2 aromatic heterocycles. The van der Waals surface area contributed by atoms with Crippen molar-refractivity contribution < 1.29 is 0 Å². The second kappa shape index (κ2) is 5.34. The van der Waals surface area contributed by atoms with E-state index in [4.69, 9.17) is 0 Å². The number of hydrogen-bond donors (Lipinski definition) is 1. The molecule has 2 heterocycles. The van der Waals surface area contributed by atoms with Crippen molar-refractivity contribution in [2.75, 3.05) is 11.9 Å². The van der Waals surface area contributed by atoms with Crippen molar-refractivity contribution in [3.05, 3.63) is 36.2 Å². The highest BCUT2D eigenvalue weighted by molar-refractivity contribution is 5.53. The zero-order valence-electron chi connectivity index (χ0n) is 11.1. The highest BCUT2D eigenvalue weighted by Crippen LogP contribution is 2.40. The Labute approximate surface area is 113 Å². The molecule has 0 radical (unpaired) electrons. The summed E-state index contributed by atoms with van der Waals surface area (Å²) in [5.41, 5.74) is 1.99. The van der Waals surface area contributed by atoms with Crippen LogP contribution in [0.4, 0.5) is 5.82 Å². The second-order valence-corrected chi connectivity index (χ2v) is 4.92. The Hall–Kier alpha value is -1.97. The zero-order chi connectivity index (χ0) is 13.1. The normalized spacial score (nSPS) is 14.4. The van der Waals surface area contributed by atoms with E-state index in [1.807, 2.05) is 18.2 Å². The van der Waals surface area contributed by atoms with Crippen LogP contribution in [-0.2, 0) is 0 Å². The summed E-state index contributed by atoms with van der Waals surface area (Å²) >= 11 is 0. The first-order valence-electron chi connectivity index (χ1n) is 6.91. The van der Waals surface area contributed by atoms with Crippen LogP contribution in [-0.4, -0.2) is 21.5 Å². The third kappa shape index (κ3) is 2.89. The predicted molar refractivity (Wildman–Crippen MR) is 76.0 cm³/mol. The molecule has 1 aliphatic rings. The fourth-order valence-corrected chi connectivity index (χ4v) is 2.01. The van der Waals surface area contributed by atoms with Gasteiger partial charge in [0.25, 0.3) is 0 Å². The maximum absolute atomic E-state index is 4.66. The molecule has 4 nitrogen and oxygen atoms in total.